The molecule has 0 spiro atoms. The fourth-order valence-corrected chi connectivity index (χ4v) is 1.94. The second kappa shape index (κ2) is 7.79. The average Bonchev–Trinajstić information content (AvgIpc) is 2.68. The van der Waals surface area contributed by atoms with E-state index in [-0.39, 0.29) is 0 Å². The molecule has 1 N–H and O–H groups in total. The summed E-state index contributed by atoms with van der Waals surface area (Å²) >= 11 is 1.90. The number of hydrogen-bond donors (Lipinski definition) is 1. The highest BCUT2D eigenvalue weighted by Crippen LogP contribution is 2.11. The quantitative estimate of drug-likeness (QED) is 0.685. The average molecular weight is 228 g/mol. The molecule has 1 aromatic rings. The smallest absolute Gasteiger partial charge is 0.113 e. The van der Waals surface area contributed by atoms with Gasteiger partial charge >= 0.3 is 0 Å². The first-order valence-electron chi connectivity index (χ1n) is 5.24. The van der Waals surface area contributed by atoms with E-state index in [2.05, 4.69) is 24.3 Å². The van der Waals surface area contributed by atoms with Gasteiger partial charge in [-0.25, -0.2) is 0 Å². The molecule has 1 aromatic heterocycles. The fraction of sp³-hybridized carbons (Fsp3) is 0.636. The summed E-state index contributed by atoms with van der Waals surface area (Å²) in [6.45, 7) is 3.23. The summed E-state index contributed by atoms with van der Waals surface area (Å²) in [7, 11) is 4.18. The van der Waals surface area contributed by atoms with Crippen LogP contribution in [0.15, 0.2) is 22.8 Å². The molecular formula is C11H20N2OS. The number of likely N-dealkylation sites (N-methyl/N-ethyl adjacent to an activating group) is 1. The first-order chi connectivity index (χ1) is 7.29. The van der Waals surface area contributed by atoms with Crippen LogP contribution in [0.4, 0.5) is 0 Å². The van der Waals surface area contributed by atoms with Crippen molar-refractivity contribution in [3.8, 4) is 0 Å². The van der Waals surface area contributed by atoms with E-state index in [0.29, 0.717) is 0 Å². The van der Waals surface area contributed by atoms with Gasteiger partial charge in [-0.1, -0.05) is 0 Å². The van der Waals surface area contributed by atoms with Gasteiger partial charge in [-0.3, -0.25) is 0 Å². The van der Waals surface area contributed by atoms with Gasteiger partial charge in [0.05, 0.1) is 12.0 Å². The molecule has 15 heavy (non-hydrogen) atoms. The maximum atomic E-state index is 5.24. The molecule has 0 radical (unpaired) electrons. The zero-order valence-electron chi connectivity index (χ0n) is 9.53. The van der Waals surface area contributed by atoms with Crippen molar-refractivity contribution in [1.29, 1.82) is 0 Å². The summed E-state index contributed by atoms with van der Waals surface area (Å²) in [5, 5.41) is 3.40. The predicted octanol–water partition coefficient (Wildman–Crippen LogP) is 1.66. The molecule has 0 amide bonds. The SMILES string of the molecule is CN(C)CCNCCSCc1ccco1. The molecule has 0 aliphatic heterocycles. The molecule has 0 atom stereocenters. The predicted molar refractivity (Wildman–Crippen MR) is 66.3 cm³/mol. The van der Waals surface area contributed by atoms with Crippen LogP contribution in [0.3, 0.4) is 0 Å². The van der Waals surface area contributed by atoms with Gasteiger partial charge in [0.25, 0.3) is 0 Å². The Labute approximate surface area is 96.2 Å². The molecule has 3 nitrogen and oxygen atoms in total. The van der Waals surface area contributed by atoms with Crippen LogP contribution in [0.5, 0.6) is 0 Å². The topological polar surface area (TPSA) is 28.4 Å². The summed E-state index contributed by atoms with van der Waals surface area (Å²) in [6, 6.07) is 3.96. The van der Waals surface area contributed by atoms with Crippen molar-refractivity contribution < 1.29 is 4.42 Å². The highest BCUT2D eigenvalue weighted by atomic mass is 32.2. The number of rotatable bonds is 8. The molecular weight excluding hydrogens is 208 g/mol. The monoisotopic (exact) mass is 228 g/mol. The molecule has 0 aromatic carbocycles. The van der Waals surface area contributed by atoms with Gasteiger partial charge in [-0.05, 0) is 26.2 Å². The molecule has 0 saturated heterocycles. The van der Waals surface area contributed by atoms with Crippen LogP contribution >= 0.6 is 11.8 Å². The molecule has 0 fully saturated rings. The van der Waals surface area contributed by atoms with Crippen molar-refractivity contribution >= 4 is 11.8 Å². The van der Waals surface area contributed by atoms with Crippen molar-refractivity contribution in [3.05, 3.63) is 24.2 Å². The van der Waals surface area contributed by atoms with Crippen LogP contribution in [-0.2, 0) is 5.75 Å². The van der Waals surface area contributed by atoms with E-state index in [1.807, 2.05) is 23.9 Å². The summed E-state index contributed by atoms with van der Waals surface area (Å²) in [4.78, 5) is 2.18. The Kier molecular flexibility index (Phi) is 6.55. The lowest BCUT2D eigenvalue weighted by molar-refractivity contribution is 0.403. The van der Waals surface area contributed by atoms with Gasteiger partial charge in [0, 0.05) is 25.4 Å². The van der Waals surface area contributed by atoms with Crippen molar-refractivity contribution in [2.24, 2.45) is 0 Å². The Bertz CT molecular complexity index is 237. The Morgan fingerprint density at radius 3 is 2.93 bits per heavy atom. The fourth-order valence-electron chi connectivity index (χ4n) is 1.14. The molecule has 0 unspecified atom stereocenters. The number of nitrogens with one attached hydrogen (secondary N) is 1. The number of furan rings is 1. The van der Waals surface area contributed by atoms with E-state index in [1.165, 1.54) is 0 Å². The van der Waals surface area contributed by atoms with Crippen molar-refractivity contribution in [1.82, 2.24) is 10.2 Å². The van der Waals surface area contributed by atoms with E-state index in [0.717, 1.165) is 36.9 Å². The minimum Gasteiger partial charge on any atom is -0.468 e. The zero-order valence-corrected chi connectivity index (χ0v) is 10.3. The summed E-state index contributed by atoms with van der Waals surface area (Å²) in [5.74, 6) is 3.17. The first kappa shape index (κ1) is 12.6. The first-order valence-corrected chi connectivity index (χ1v) is 6.40. The lowest BCUT2D eigenvalue weighted by Gasteiger charge is -2.09. The number of hydrogen-bond acceptors (Lipinski definition) is 4. The molecule has 0 aliphatic rings. The molecule has 1 rings (SSSR count). The maximum absolute atomic E-state index is 5.24. The molecule has 1 heterocycles. The van der Waals surface area contributed by atoms with Crippen LogP contribution in [-0.4, -0.2) is 44.4 Å². The summed E-state index contributed by atoms with van der Waals surface area (Å²) < 4.78 is 5.24. The van der Waals surface area contributed by atoms with Gasteiger partial charge in [-0.15, -0.1) is 0 Å². The number of thioether (sulfide) groups is 1. The van der Waals surface area contributed by atoms with E-state index in [1.54, 1.807) is 6.26 Å². The Hall–Kier alpha value is -0.450. The van der Waals surface area contributed by atoms with Gasteiger partial charge in [0.15, 0.2) is 0 Å². The van der Waals surface area contributed by atoms with Gasteiger partial charge in [-0.2, -0.15) is 11.8 Å². The lowest BCUT2D eigenvalue weighted by atomic mass is 10.5. The third-order valence-corrected chi connectivity index (χ3v) is 2.96. The van der Waals surface area contributed by atoms with Crippen LogP contribution in [0, 0.1) is 0 Å². The zero-order chi connectivity index (χ0) is 10.9. The maximum Gasteiger partial charge on any atom is 0.113 e. The normalized spacial score (nSPS) is 11.1. The van der Waals surface area contributed by atoms with E-state index >= 15 is 0 Å². The second-order valence-corrected chi connectivity index (χ2v) is 4.79. The summed E-state index contributed by atoms with van der Waals surface area (Å²) in [6.07, 6.45) is 1.73. The molecule has 86 valence electrons. The van der Waals surface area contributed by atoms with Gasteiger partial charge in [0.2, 0.25) is 0 Å². The second-order valence-electron chi connectivity index (χ2n) is 3.69. The standard InChI is InChI=1S/C11H20N2OS/c1-13(2)7-5-12-6-9-15-10-11-4-3-8-14-11/h3-4,8,12H,5-7,9-10H2,1-2H3. The molecule has 0 bridgehead atoms. The van der Waals surface area contributed by atoms with E-state index in [9.17, 15) is 0 Å². The Morgan fingerprint density at radius 1 is 1.40 bits per heavy atom. The molecule has 0 aliphatic carbocycles. The van der Waals surface area contributed by atoms with Gasteiger partial charge < -0.3 is 14.6 Å². The van der Waals surface area contributed by atoms with Crippen molar-refractivity contribution in [3.63, 3.8) is 0 Å². The molecule has 4 heteroatoms. The van der Waals surface area contributed by atoms with Crippen LogP contribution in [0.25, 0.3) is 0 Å². The lowest BCUT2D eigenvalue weighted by Crippen LogP contribution is -2.27. The Morgan fingerprint density at radius 2 is 2.27 bits per heavy atom. The third kappa shape index (κ3) is 6.60. The third-order valence-electron chi connectivity index (χ3n) is 1.98. The highest BCUT2D eigenvalue weighted by Gasteiger charge is 1.95. The van der Waals surface area contributed by atoms with Crippen molar-refractivity contribution in [2.45, 2.75) is 5.75 Å². The minimum absolute atomic E-state index is 0.975. The van der Waals surface area contributed by atoms with Crippen LogP contribution < -0.4 is 5.32 Å². The van der Waals surface area contributed by atoms with Gasteiger partial charge in [0.1, 0.15) is 5.76 Å². The summed E-state index contributed by atoms with van der Waals surface area (Å²) in [5.41, 5.74) is 0. The van der Waals surface area contributed by atoms with Crippen molar-refractivity contribution in [2.75, 3.05) is 39.5 Å². The Balaban J connectivity index is 1.85. The highest BCUT2D eigenvalue weighted by molar-refractivity contribution is 7.98. The largest absolute Gasteiger partial charge is 0.468 e. The van der Waals surface area contributed by atoms with E-state index < -0.39 is 0 Å². The molecule has 0 saturated carbocycles. The van der Waals surface area contributed by atoms with Crippen LogP contribution in [0.1, 0.15) is 5.76 Å². The van der Waals surface area contributed by atoms with Crippen LogP contribution in [0.2, 0.25) is 0 Å². The van der Waals surface area contributed by atoms with E-state index in [4.69, 9.17) is 4.42 Å². The minimum atomic E-state index is 0.975. The number of nitrogens with zero attached hydrogens (tertiary/aromatic N) is 1.